The largest absolute Gasteiger partial charge is 0.325 e. The molecule has 1 saturated heterocycles. The summed E-state index contributed by atoms with van der Waals surface area (Å²) in [5.74, 6) is -0.407. The molecule has 0 saturated carbocycles. The molecule has 1 aliphatic rings. The van der Waals surface area contributed by atoms with Crippen LogP contribution in [0.25, 0.3) is 0 Å². The van der Waals surface area contributed by atoms with Crippen LogP contribution >= 0.6 is 15.9 Å². The molecule has 0 unspecified atom stereocenters. The number of nitrogens with zero attached hydrogens (tertiary/aromatic N) is 2. The van der Waals surface area contributed by atoms with Gasteiger partial charge in [-0.3, -0.25) is 19.8 Å². The summed E-state index contributed by atoms with van der Waals surface area (Å²) in [6.07, 6.45) is 0. The SMILES string of the molecule is C[C@@]1(c2ccccc2Br)NC(=O)N(Cc2cccc([N+](=O)[O-])c2)C1=O. The number of amides is 3. The highest BCUT2D eigenvalue weighted by atomic mass is 79.9. The van der Waals surface area contributed by atoms with Crippen molar-refractivity contribution in [3.8, 4) is 0 Å². The van der Waals surface area contributed by atoms with Gasteiger partial charge in [0.2, 0.25) is 0 Å². The molecule has 0 aliphatic carbocycles. The number of nitro benzene ring substituents is 1. The minimum Gasteiger partial charge on any atom is -0.319 e. The monoisotopic (exact) mass is 403 g/mol. The van der Waals surface area contributed by atoms with Gasteiger partial charge in [-0.05, 0) is 18.6 Å². The Balaban J connectivity index is 1.91. The van der Waals surface area contributed by atoms with Crippen molar-refractivity contribution in [2.75, 3.05) is 0 Å². The van der Waals surface area contributed by atoms with Crippen molar-refractivity contribution in [3.63, 3.8) is 0 Å². The highest BCUT2D eigenvalue weighted by Gasteiger charge is 2.49. The van der Waals surface area contributed by atoms with Crippen LogP contribution in [0.2, 0.25) is 0 Å². The van der Waals surface area contributed by atoms with Crippen LogP contribution < -0.4 is 5.32 Å². The maximum Gasteiger partial charge on any atom is 0.325 e. The Hall–Kier alpha value is -2.74. The van der Waals surface area contributed by atoms with Crippen LogP contribution in [0, 0.1) is 10.1 Å². The van der Waals surface area contributed by atoms with Gasteiger partial charge in [0.25, 0.3) is 11.6 Å². The van der Waals surface area contributed by atoms with E-state index in [2.05, 4.69) is 21.2 Å². The van der Waals surface area contributed by atoms with Gasteiger partial charge in [-0.2, -0.15) is 0 Å². The predicted octanol–water partition coefficient (Wildman–Crippen LogP) is 3.32. The maximum atomic E-state index is 12.9. The molecule has 0 bridgehead atoms. The second-order valence-electron chi connectivity index (χ2n) is 5.85. The van der Waals surface area contributed by atoms with Crippen molar-refractivity contribution in [2.45, 2.75) is 19.0 Å². The van der Waals surface area contributed by atoms with E-state index in [0.29, 0.717) is 15.6 Å². The van der Waals surface area contributed by atoms with Gasteiger partial charge < -0.3 is 5.32 Å². The van der Waals surface area contributed by atoms with E-state index < -0.39 is 22.4 Å². The summed E-state index contributed by atoms with van der Waals surface area (Å²) in [4.78, 5) is 36.7. The Morgan fingerprint density at radius 3 is 2.60 bits per heavy atom. The third kappa shape index (κ3) is 3.00. The Morgan fingerprint density at radius 2 is 1.92 bits per heavy atom. The number of urea groups is 1. The molecule has 1 N–H and O–H groups in total. The van der Waals surface area contributed by atoms with Crippen molar-refractivity contribution in [1.29, 1.82) is 0 Å². The van der Waals surface area contributed by atoms with Crippen molar-refractivity contribution >= 4 is 33.6 Å². The summed E-state index contributed by atoms with van der Waals surface area (Å²) in [7, 11) is 0. The third-order valence-corrected chi connectivity index (χ3v) is 4.84. The van der Waals surface area contributed by atoms with E-state index in [4.69, 9.17) is 0 Å². The Bertz CT molecular complexity index is 886. The Kier molecular flexibility index (Phi) is 4.30. The second-order valence-corrected chi connectivity index (χ2v) is 6.71. The molecule has 2 aromatic rings. The van der Waals surface area contributed by atoms with Gasteiger partial charge in [-0.25, -0.2) is 4.79 Å². The van der Waals surface area contributed by atoms with Gasteiger partial charge in [0.05, 0.1) is 11.5 Å². The van der Waals surface area contributed by atoms with Crippen LogP contribution in [0.1, 0.15) is 18.1 Å². The molecule has 8 heteroatoms. The summed E-state index contributed by atoms with van der Waals surface area (Å²) >= 11 is 3.40. The number of hydrogen-bond acceptors (Lipinski definition) is 4. The number of nitro groups is 1. The first-order valence-electron chi connectivity index (χ1n) is 7.45. The van der Waals surface area contributed by atoms with Crippen molar-refractivity contribution < 1.29 is 14.5 Å². The molecular formula is C17H14BrN3O4. The van der Waals surface area contributed by atoms with Crippen LogP contribution in [-0.2, 0) is 16.9 Å². The predicted molar refractivity (Wildman–Crippen MR) is 93.7 cm³/mol. The Morgan fingerprint density at radius 1 is 1.20 bits per heavy atom. The first-order chi connectivity index (χ1) is 11.8. The zero-order valence-electron chi connectivity index (χ0n) is 13.2. The molecule has 1 heterocycles. The Labute approximate surface area is 151 Å². The van der Waals surface area contributed by atoms with Crippen molar-refractivity contribution in [2.24, 2.45) is 0 Å². The number of hydrogen-bond donors (Lipinski definition) is 1. The van der Waals surface area contributed by atoms with Crippen molar-refractivity contribution in [3.05, 3.63) is 74.2 Å². The number of carbonyl (C=O) groups is 2. The van der Waals surface area contributed by atoms with Crippen LogP contribution in [0.3, 0.4) is 0 Å². The van der Waals surface area contributed by atoms with Crippen LogP contribution in [0.4, 0.5) is 10.5 Å². The molecule has 0 aromatic heterocycles. The normalized spacial score (nSPS) is 19.8. The topological polar surface area (TPSA) is 92.6 Å². The molecule has 1 aliphatic heterocycles. The van der Waals surface area contributed by atoms with Gasteiger partial charge >= 0.3 is 6.03 Å². The molecular weight excluding hydrogens is 390 g/mol. The van der Waals surface area contributed by atoms with Gasteiger partial charge in [0.1, 0.15) is 5.54 Å². The zero-order chi connectivity index (χ0) is 18.2. The quantitative estimate of drug-likeness (QED) is 0.481. The molecule has 3 rings (SSSR count). The number of halogens is 1. The minimum atomic E-state index is -1.20. The smallest absolute Gasteiger partial charge is 0.319 e. The molecule has 0 spiro atoms. The van der Waals surface area contributed by atoms with E-state index >= 15 is 0 Å². The van der Waals surface area contributed by atoms with Crippen LogP contribution in [-0.4, -0.2) is 21.8 Å². The second kappa shape index (κ2) is 6.29. The first-order valence-corrected chi connectivity index (χ1v) is 8.24. The summed E-state index contributed by atoms with van der Waals surface area (Å²) in [6.45, 7) is 1.60. The summed E-state index contributed by atoms with van der Waals surface area (Å²) in [5, 5.41) is 13.6. The lowest BCUT2D eigenvalue weighted by atomic mass is 9.92. The highest BCUT2D eigenvalue weighted by Crippen LogP contribution is 2.34. The molecule has 0 radical (unpaired) electrons. The molecule has 1 fully saturated rings. The molecule has 2 aromatic carbocycles. The fourth-order valence-electron chi connectivity index (χ4n) is 2.84. The third-order valence-electron chi connectivity index (χ3n) is 4.15. The number of benzene rings is 2. The summed E-state index contributed by atoms with van der Waals surface area (Å²) in [5.41, 5.74) is -0.125. The molecule has 128 valence electrons. The molecule has 3 amide bonds. The first kappa shape index (κ1) is 17.1. The average Bonchev–Trinajstić information content (AvgIpc) is 2.79. The van der Waals surface area contributed by atoms with E-state index in [1.54, 1.807) is 31.2 Å². The maximum absolute atomic E-state index is 12.9. The zero-order valence-corrected chi connectivity index (χ0v) is 14.8. The van der Waals surface area contributed by atoms with E-state index in [9.17, 15) is 19.7 Å². The van der Waals surface area contributed by atoms with Gasteiger partial charge in [0.15, 0.2) is 0 Å². The van der Waals surface area contributed by atoms with Crippen molar-refractivity contribution in [1.82, 2.24) is 10.2 Å². The van der Waals surface area contributed by atoms with E-state index in [1.165, 1.54) is 18.2 Å². The minimum absolute atomic E-state index is 0.0353. The number of nitrogens with one attached hydrogen (secondary N) is 1. The van der Waals surface area contributed by atoms with Crippen LogP contribution in [0.15, 0.2) is 53.0 Å². The fraction of sp³-hybridized carbons (Fsp3) is 0.176. The van der Waals surface area contributed by atoms with Crippen LogP contribution in [0.5, 0.6) is 0 Å². The summed E-state index contributed by atoms with van der Waals surface area (Å²) < 4.78 is 0.711. The standard InChI is InChI=1S/C17H14BrN3O4/c1-17(13-7-2-3-8-14(13)18)15(22)20(16(23)19-17)10-11-5-4-6-12(9-11)21(24)25/h2-9H,10H2,1H3,(H,19,23)/t17-/m0/s1. The van der Waals surface area contributed by atoms with E-state index in [1.807, 2.05) is 6.07 Å². The summed E-state index contributed by atoms with van der Waals surface area (Å²) in [6, 6.07) is 12.5. The number of carbonyl (C=O) groups excluding carboxylic acids is 2. The van der Waals surface area contributed by atoms with E-state index in [-0.39, 0.29) is 12.2 Å². The van der Waals surface area contributed by atoms with E-state index in [0.717, 1.165) is 4.90 Å². The number of imide groups is 1. The van der Waals surface area contributed by atoms with Gasteiger partial charge in [-0.1, -0.05) is 46.3 Å². The molecule has 7 nitrogen and oxygen atoms in total. The number of non-ortho nitro benzene ring substituents is 1. The molecule has 25 heavy (non-hydrogen) atoms. The fourth-order valence-corrected chi connectivity index (χ4v) is 3.52. The number of rotatable bonds is 4. The molecule has 1 atom stereocenters. The van der Waals surface area contributed by atoms with Gasteiger partial charge in [-0.15, -0.1) is 0 Å². The average molecular weight is 404 g/mol. The highest BCUT2D eigenvalue weighted by molar-refractivity contribution is 9.10. The lowest BCUT2D eigenvalue weighted by Gasteiger charge is -2.23. The van der Waals surface area contributed by atoms with Gasteiger partial charge in [0, 0.05) is 22.2 Å². The lowest BCUT2D eigenvalue weighted by Crippen LogP contribution is -2.41. The lowest BCUT2D eigenvalue weighted by molar-refractivity contribution is -0.384.